The molecular formula is C16H19NO3. The van der Waals surface area contributed by atoms with Gasteiger partial charge in [0.1, 0.15) is 0 Å². The molecule has 0 spiro atoms. The van der Waals surface area contributed by atoms with E-state index in [1.165, 1.54) is 0 Å². The van der Waals surface area contributed by atoms with Gasteiger partial charge in [-0.05, 0) is 44.7 Å². The molecule has 0 saturated carbocycles. The molecule has 4 nitrogen and oxygen atoms in total. The second kappa shape index (κ2) is 5.90. The van der Waals surface area contributed by atoms with Crippen molar-refractivity contribution in [3.05, 3.63) is 35.5 Å². The maximum atomic E-state index is 11.9. The van der Waals surface area contributed by atoms with Gasteiger partial charge in [-0.2, -0.15) is 0 Å². The molecule has 0 aliphatic carbocycles. The number of carbonyl (C=O) groups is 1. The first-order valence-corrected chi connectivity index (χ1v) is 6.77. The Balaban J connectivity index is 2.61. The topological polar surface area (TPSA) is 48.4 Å². The Kier molecular flexibility index (Phi) is 4.23. The molecule has 2 rings (SSSR count). The molecule has 0 bridgehead atoms. The van der Waals surface area contributed by atoms with Crippen LogP contribution in [0, 0.1) is 6.92 Å². The van der Waals surface area contributed by atoms with Crippen LogP contribution in [0.1, 0.15) is 36.8 Å². The number of aromatic nitrogens is 1. The van der Waals surface area contributed by atoms with Crippen LogP contribution in [0.3, 0.4) is 0 Å². The van der Waals surface area contributed by atoms with Crippen LogP contribution in [0.15, 0.2) is 24.3 Å². The number of hydrogen-bond donors (Lipinski definition) is 0. The fourth-order valence-corrected chi connectivity index (χ4v) is 2.07. The van der Waals surface area contributed by atoms with Crippen LogP contribution in [-0.2, 0) is 4.74 Å². The first-order valence-electron chi connectivity index (χ1n) is 6.77. The minimum Gasteiger partial charge on any atom is -0.474 e. The molecule has 0 unspecified atom stereocenters. The molecular weight excluding hydrogens is 254 g/mol. The number of aryl methyl sites for hydroxylation is 1. The Morgan fingerprint density at radius 2 is 2.10 bits per heavy atom. The summed E-state index contributed by atoms with van der Waals surface area (Å²) >= 11 is 0. The quantitative estimate of drug-likeness (QED) is 0.800. The monoisotopic (exact) mass is 273 g/mol. The summed E-state index contributed by atoms with van der Waals surface area (Å²) in [6.07, 6.45) is -0.0113. The van der Waals surface area contributed by atoms with Gasteiger partial charge in [0, 0.05) is 5.39 Å². The number of rotatable bonds is 4. The second-order valence-electron chi connectivity index (χ2n) is 4.87. The fraction of sp³-hybridized carbons (Fsp3) is 0.375. The van der Waals surface area contributed by atoms with Gasteiger partial charge >= 0.3 is 5.97 Å². The predicted octanol–water partition coefficient (Wildman–Crippen LogP) is 3.51. The van der Waals surface area contributed by atoms with Gasteiger partial charge in [0.25, 0.3) is 0 Å². The summed E-state index contributed by atoms with van der Waals surface area (Å²) in [6, 6.07) is 7.64. The number of nitrogens with zero attached hydrogens (tertiary/aromatic N) is 1. The highest BCUT2D eigenvalue weighted by atomic mass is 16.5. The summed E-state index contributed by atoms with van der Waals surface area (Å²) in [5.41, 5.74) is 1.35. The first kappa shape index (κ1) is 14.3. The van der Waals surface area contributed by atoms with Gasteiger partial charge in [-0.25, -0.2) is 9.78 Å². The minimum atomic E-state index is -0.426. The van der Waals surface area contributed by atoms with Crippen molar-refractivity contribution in [2.24, 2.45) is 0 Å². The Hall–Kier alpha value is -2.10. The summed E-state index contributed by atoms with van der Waals surface area (Å²) in [4.78, 5) is 16.2. The molecule has 0 aliphatic rings. The lowest BCUT2D eigenvalue weighted by molar-refractivity contribution is 0.0518. The van der Waals surface area contributed by atoms with Gasteiger partial charge in [-0.3, -0.25) is 0 Å². The van der Waals surface area contributed by atoms with E-state index in [4.69, 9.17) is 9.47 Å². The molecule has 0 aliphatic heterocycles. The summed E-state index contributed by atoms with van der Waals surface area (Å²) in [5, 5.41) is 1.87. The van der Waals surface area contributed by atoms with Crippen molar-refractivity contribution in [2.45, 2.75) is 33.8 Å². The van der Waals surface area contributed by atoms with E-state index < -0.39 is 5.97 Å². The molecule has 0 saturated heterocycles. The largest absolute Gasteiger partial charge is 0.474 e. The van der Waals surface area contributed by atoms with Crippen molar-refractivity contribution in [2.75, 3.05) is 6.61 Å². The van der Waals surface area contributed by atoms with Gasteiger partial charge in [-0.1, -0.05) is 18.2 Å². The third-order valence-corrected chi connectivity index (χ3v) is 2.87. The molecule has 2 aromatic rings. The highest BCUT2D eigenvalue weighted by molar-refractivity contribution is 5.96. The third-order valence-electron chi connectivity index (χ3n) is 2.87. The number of carbonyl (C=O) groups excluding carboxylic acids is 1. The van der Waals surface area contributed by atoms with Crippen molar-refractivity contribution < 1.29 is 14.3 Å². The van der Waals surface area contributed by atoms with Crippen LogP contribution in [0.4, 0.5) is 0 Å². The molecule has 1 aromatic carbocycles. The number of ether oxygens (including phenoxy) is 2. The second-order valence-corrected chi connectivity index (χ2v) is 4.87. The van der Waals surface area contributed by atoms with Crippen molar-refractivity contribution in [1.29, 1.82) is 0 Å². The SMILES string of the molecule is CCOC(=O)c1cc2cccc(C)c2c(OC(C)C)n1. The minimum absolute atomic E-state index is 0.0113. The summed E-state index contributed by atoms with van der Waals surface area (Å²) in [5.74, 6) is 0.0585. The number of fused-ring (bicyclic) bond motifs is 1. The number of benzene rings is 1. The highest BCUT2D eigenvalue weighted by Crippen LogP contribution is 2.28. The summed E-state index contributed by atoms with van der Waals surface area (Å²) < 4.78 is 10.8. The van der Waals surface area contributed by atoms with Gasteiger partial charge < -0.3 is 9.47 Å². The van der Waals surface area contributed by atoms with Crippen LogP contribution in [0.5, 0.6) is 5.88 Å². The third kappa shape index (κ3) is 2.90. The zero-order chi connectivity index (χ0) is 14.7. The van der Waals surface area contributed by atoms with E-state index in [0.717, 1.165) is 16.3 Å². The van der Waals surface area contributed by atoms with Crippen LogP contribution in [-0.4, -0.2) is 23.7 Å². The standard InChI is InChI=1S/C16H19NO3/c1-5-19-16(18)13-9-12-8-6-7-11(4)14(12)15(17-13)20-10(2)3/h6-10H,5H2,1-4H3. The number of hydrogen-bond acceptors (Lipinski definition) is 4. The normalized spacial score (nSPS) is 10.8. The summed E-state index contributed by atoms with van der Waals surface area (Å²) in [7, 11) is 0. The predicted molar refractivity (Wildman–Crippen MR) is 78.2 cm³/mol. The molecule has 1 heterocycles. The molecule has 0 N–H and O–H groups in total. The zero-order valence-electron chi connectivity index (χ0n) is 12.3. The first-order chi connectivity index (χ1) is 9.52. The van der Waals surface area contributed by atoms with E-state index in [-0.39, 0.29) is 11.8 Å². The van der Waals surface area contributed by atoms with Gasteiger partial charge in [-0.15, -0.1) is 0 Å². The zero-order valence-corrected chi connectivity index (χ0v) is 12.3. The van der Waals surface area contributed by atoms with Crippen molar-refractivity contribution in [1.82, 2.24) is 4.98 Å². The van der Waals surface area contributed by atoms with E-state index in [1.54, 1.807) is 13.0 Å². The lowest BCUT2D eigenvalue weighted by Crippen LogP contribution is -2.12. The van der Waals surface area contributed by atoms with Crippen molar-refractivity contribution in [3.63, 3.8) is 0 Å². The Morgan fingerprint density at radius 3 is 2.75 bits per heavy atom. The molecule has 1 aromatic heterocycles. The van der Waals surface area contributed by atoms with Gasteiger partial charge in [0.05, 0.1) is 12.7 Å². The average molecular weight is 273 g/mol. The van der Waals surface area contributed by atoms with Crippen LogP contribution in [0.25, 0.3) is 10.8 Å². The molecule has 20 heavy (non-hydrogen) atoms. The fourth-order valence-electron chi connectivity index (χ4n) is 2.07. The molecule has 0 fully saturated rings. The molecule has 4 heteroatoms. The Labute approximate surface area is 118 Å². The van der Waals surface area contributed by atoms with Crippen LogP contribution < -0.4 is 4.74 Å². The number of esters is 1. The maximum absolute atomic E-state index is 11.9. The molecule has 0 amide bonds. The highest BCUT2D eigenvalue weighted by Gasteiger charge is 2.15. The van der Waals surface area contributed by atoms with E-state index in [2.05, 4.69) is 4.98 Å². The lowest BCUT2D eigenvalue weighted by atomic mass is 10.1. The maximum Gasteiger partial charge on any atom is 0.357 e. The smallest absolute Gasteiger partial charge is 0.357 e. The van der Waals surface area contributed by atoms with Gasteiger partial charge in [0.15, 0.2) is 5.69 Å². The van der Waals surface area contributed by atoms with Crippen molar-refractivity contribution >= 4 is 16.7 Å². The Morgan fingerprint density at radius 1 is 1.35 bits per heavy atom. The lowest BCUT2D eigenvalue weighted by Gasteiger charge is -2.14. The summed E-state index contributed by atoms with van der Waals surface area (Å²) in [6.45, 7) is 7.97. The van der Waals surface area contributed by atoms with Crippen LogP contribution in [0.2, 0.25) is 0 Å². The molecule has 0 radical (unpaired) electrons. The average Bonchev–Trinajstić information content (AvgIpc) is 2.38. The molecule has 0 atom stereocenters. The van der Waals surface area contributed by atoms with E-state index in [1.807, 2.05) is 39.0 Å². The van der Waals surface area contributed by atoms with E-state index in [0.29, 0.717) is 12.5 Å². The van der Waals surface area contributed by atoms with Gasteiger partial charge in [0.2, 0.25) is 5.88 Å². The molecule has 106 valence electrons. The van der Waals surface area contributed by atoms with E-state index in [9.17, 15) is 4.79 Å². The Bertz CT molecular complexity index is 635. The number of pyridine rings is 1. The van der Waals surface area contributed by atoms with Crippen molar-refractivity contribution in [3.8, 4) is 5.88 Å². The van der Waals surface area contributed by atoms with E-state index >= 15 is 0 Å². The van der Waals surface area contributed by atoms with Crippen LogP contribution >= 0.6 is 0 Å².